The van der Waals surface area contributed by atoms with Crippen LogP contribution in [0.4, 0.5) is 11.4 Å². The average molecular weight is 416 g/mol. The lowest BCUT2D eigenvalue weighted by Crippen LogP contribution is -2.15. The van der Waals surface area contributed by atoms with Gasteiger partial charge in [-0.3, -0.25) is 9.20 Å². The summed E-state index contributed by atoms with van der Waals surface area (Å²) in [6.45, 7) is 2.91. The van der Waals surface area contributed by atoms with Gasteiger partial charge in [0.1, 0.15) is 6.54 Å². The molecule has 2 aromatic carbocycles. The lowest BCUT2D eigenvalue weighted by Gasteiger charge is -2.14. The predicted molar refractivity (Wildman–Crippen MR) is 125 cm³/mol. The van der Waals surface area contributed by atoms with E-state index in [-0.39, 0.29) is 5.56 Å². The third kappa shape index (κ3) is 2.87. The molecule has 7 heteroatoms. The van der Waals surface area contributed by atoms with Crippen LogP contribution in [0.15, 0.2) is 41.2 Å². The van der Waals surface area contributed by atoms with Gasteiger partial charge in [0.15, 0.2) is 6.21 Å². The third-order valence-corrected chi connectivity index (χ3v) is 6.84. The molecule has 1 fully saturated rings. The largest absolute Gasteiger partial charge is 0.398 e. The lowest BCUT2D eigenvalue weighted by atomic mass is 10.2. The second-order valence-electron chi connectivity index (χ2n) is 8.71. The molecule has 0 spiro atoms. The molecule has 1 saturated carbocycles. The van der Waals surface area contributed by atoms with Crippen LogP contribution in [0.3, 0.4) is 0 Å². The van der Waals surface area contributed by atoms with E-state index in [2.05, 4.69) is 48.3 Å². The molecule has 2 aliphatic rings. The topological polar surface area (TPSA) is 80.4 Å². The van der Waals surface area contributed by atoms with Crippen molar-refractivity contribution in [1.29, 1.82) is 0 Å². The van der Waals surface area contributed by atoms with Crippen molar-refractivity contribution in [2.45, 2.75) is 38.1 Å². The minimum atomic E-state index is -0.248. The van der Waals surface area contributed by atoms with E-state index in [1.807, 2.05) is 12.1 Å². The molecule has 0 bridgehead atoms. The number of benzene rings is 2. The van der Waals surface area contributed by atoms with Gasteiger partial charge < -0.3 is 15.6 Å². The van der Waals surface area contributed by atoms with Crippen molar-refractivity contribution in [3.63, 3.8) is 0 Å². The molecule has 4 aromatic rings. The highest BCUT2D eigenvalue weighted by molar-refractivity contribution is 5.95. The van der Waals surface area contributed by atoms with Gasteiger partial charge in [0.25, 0.3) is 5.56 Å². The van der Waals surface area contributed by atoms with Gasteiger partial charge >= 0.3 is 0 Å². The maximum Gasteiger partial charge on any atom is 0.284 e. The van der Waals surface area contributed by atoms with E-state index in [4.69, 9.17) is 5.73 Å². The highest BCUT2D eigenvalue weighted by Crippen LogP contribution is 2.37. The number of anilines is 1. The third-order valence-electron chi connectivity index (χ3n) is 6.84. The standard InChI is InChI=1S/C24H26N6O/c25-18-7-3-8-20-22(18)23(31)27-24-29(16-5-1-2-6-16)21-15-17(9-10-19(21)30(20)24)28-13-4-11-26-12-14-28/h3,7-10,14-16,26H,1-2,4-6,11-13H2,(H-,25,31)/p+1. The Kier molecular flexibility index (Phi) is 4.31. The fourth-order valence-corrected chi connectivity index (χ4v) is 5.36. The first-order valence-electron chi connectivity index (χ1n) is 11.3. The van der Waals surface area contributed by atoms with Gasteiger partial charge in [-0.2, -0.15) is 4.98 Å². The Bertz CT molecular complexity index is 1410. The smallest absolute Gasteiger partial charge is 0.284 e. The van der Waals surface area contributed by atoms with Gasteiger partial charge in [-0.25, -0.2) is 4.58 Å². The van der Waals surface area contributed by atoms with E-state index < -0.39 is 0 Å². The minimum Gasteiger partial charge on any atom is -0.398 e. The molecule has 0 radical (unpaired) electrons. The molecule has 6 rings (SSSR count). The summed E-state index contributed by atoms with van der Waals surface area (Å²) in [5.41, 5.74) is 10.6. The fraction of sp³-hybridized carbons (Fsp3) is 0.375. The quantitative estimate of drug-likeness (QED) is 0.389. The van der Waals surface area contributed by atoms with E-state index in [1.54, 1.807) is 6.07 Å². The van der Waals surface area contributed by atoms with Crippen molar-refractivity contribution in [2.24, 2.45) is 0 Å². The van der Waals surface area contributed by atoms with Crippen LogP contribution in [-0.4, -0.2) is 44.4 Å². The number of rotatable bonds is 2. The molecular weight excluding hydrogens is 388 g/mol. The zero-order valence-electron chi connectivity index (χ0n) is 17.6. The number of imidazole rings is 1. The van der Waals surface area contributed by atoms with Crippen LogP contribution in [-0.2, 0) is 0 Å². The molecule has 158 valence electrons. The van der Waals surface area contributed by atoms with E-state index in [0.717, 1.165) is 61.2 Å². The van der Waals surface area contributed by atoms with Crippen LogP contribution in [0.5, 0.6) is 0 Å². The summed E-state index contributed by atoms with van der Waals surface area (Å²) in [5.74, 6) is 0.726. The monoisotopic (exact) mass is 415 g/mol. The maximum absolute atomic E-state index is 13.0. The summed E-state index contributed by atoms with van der Waals surface area (Å²) >= 11 is 0. The summed E-state index contributed by atoms with van der Waals surface area (Å²) in [4.78, 5) is 17.5. The Balaban J connectivity index is 1.71. The predicted octanol–water partition coefficient (Wildman–Crippen LogP) is 3.21. The zero-order valence-corrected chi connectivity index (χ0v) is 17.6. The summed E-state index contributed by atoms with van der Waals surface area (Å²) in [7, 11) is 0. The number of nitrogen functional groups attached to an aromatic ring is 1. The van der Waals surface area contributed by atoms with Crippen LogP contribution in [0.2, 0.25) is 0 Å². The van der Waals surface area contributed by atoms with Gasteiger partial charge in [0.2, 0.25) is 11.5 Å². The number of hydrogen-bond acceptors (Lipinski definition) is 4. The maximum atomic E-state index is 13.0. The molecule has 3 heterocycles. The molecule has 0 amide bonds. The molecule has 3 N–H and O–H groups in total. The second-order valence-corrected chi connectivity index (χ2v) is 8.71. The molecule has 1 aliphatic heterocycles. The number of nitrogens with one attached hydrogen (secondary N) is 1. The van der Waals surface area contributed by atoms with Crippen LogP contribution in [0.1, 0.15) is 38.1 Å². The Morgan fingerprint density at radius 2 is 1.94 bits per heavy atom. The Labute approximate surface area is 179 Å². The van der Waals surface area contributed by atoms with Crippen molar-refractivity contribution < 1.29 is 4.58 Å². The molecule has 1 aliphatic carbocycles. The number of fused-ring (bicyclic) bond motifs is 5. The first-order valence-corrected chi connectivity index (χ1v) is 11.3. The second kappa shape index (κ2) is 7.20. The van der Waals surface area contributed by atoms with Crippen LogP contribution in [0, 0.1) is 0 Å². The molecule has 0 saturated heterocycles. The summed E-state index contributed by atoms with van der Waals surface area (Å²) in [6.07, 6.45) is 8.01. The molecule has 7 nitrogen and oxygen atoms in total. The molecule has 0 atom stereocenters. The average Bonchev–Trinajstić information content (AvgIpc) is 3.30. The van der Waals surface area contributed by atoms with Crippen LogP contribution < -0.4 is 16.6 Å². The highest BCUT2D eigenvalue weighted by Gasteiger charge is 2.26. The van der Waals surface area contributed by atoms with E-state index in [1.165, 1.54) is 18.5 Å². The van der Waals surface area contributed by atoms with Gasteiger partial charge in [0, 0.05) is 36.8 Å². The zero-order chi connectivity index (χ0) is 20.9. The molecule has 0 unspecified atom stereocenters. The summed E-state index contributed by atoms with van der Waals surface area (Å²) < 4.78 is 6.77. The van der Waals surface area contributed by atoms with Crippen molar-refractivity contribution >= 4 is 45.3 Å². The normalized spacial score (nSPS) is 18.1. The fourth-order valence-electron chi connectivity index (χ4n) is 5.36. The Hall–Kier alpha value is -3.19. The van der Waals surface area contributed by atoms with Crippen molar-refractivity contribution in [3.8, 4) is 0 Å². The van der Waals surface area contributed by atoms with E-state index in [9.17, 15) is 4.79 Å². The van der Waals surface area contributed by atoms with Crippen molar-refractivity contribution in [2.75, 3.05) is 25.4 Å². The van der Waals surface area contributed by atoms with Gasteiger partial charge in [-0.15, -0.1) is 0 Å². The van der Waals surface area contributed by atoms with E-state index >= 15 is 0 Å². The Morgan fingerprint density at radius 1 is 1.06 bits per heavy atom. The first kappa shape index (κ1) is 18.6. The molecule has 31 heavy (non-hydrogen) atoms. The van der Waals surface area contributed by atoms with Gasteiger partial charge in [-0.05, 0) is 31.0 Å². The van der Waals surface area contributed by atoms with Crippen molar-refractivity contribution in [3.05, 3.63) is 46.8 Å². The van der Waals surface area contributed by atoms with Crippen LogP contribution >= 0.6 is 0 Å². The summed E-state index contributed by atoms with van der Waals surface area (Å²) in [6, 6.07) is 12.6. The van der Waals surface area contributed by atoms with E-state index in [0.29, 0.717) is 17.1 Å². The number of nitrogens with zero attached hydrogens (tertiary/aromatic N) is 4. The molecule has 2 aromatic heterocycles. The SMILES string of the molecule is Nc1cccc2c1c(=O)nc1n(C3CCCC3)c3cc([N+]4=CCNCCC4)ccc3n21. The number of nitrogens with two attached hydrogens (primary N) is 1. The molecular formula is C24H27N6O+. The van der Waals surface area contributed by atoms with Gasteiger partial charge in [-0.1, -0.05) is 18.9 Å². The highest BCUT2D eigenvalue weighted by atomic mass is 16.1. The van der Waals surface area contributed by atoms with Crippen molar-refractivity contribution in [1.82, 2.24) is 19.3 Å². The van der Waals surface area contributed by atoms with Crippen LogP contribution in [0.25, 0.3) is 27.7 Å². The number of hydrogen-bond donors (Lipinski definition) is 2. The minimum absolute atomic E-state index is 0.248. The number of aromatic nitrogens is 3. The lowest BCUT2D eigenvalue weighted by molar-refractivity contribution is -0.435. The van der Waals surface area contributed by atoms with Gasteiger partial charge in [0.05, 0.1) is 28.5 Å². The first-order chi connectivity index (χ1) is 15.2. The summed E-state index contributed by atoms with van der Waals surface area (Å²) in [5, 5.41) is 3.93. The Morgan fingerprint density at radius 3 is 2.81 bits per heavy atom.